The van der Waals surface area contributed by atoms with E-state index in [-0.39, 0.29) is 5.82 Å². The second-order valence-electron chi connectivity index (χ2n) is 5.32. The molecule has 20 heavy (non-hydrogen) atoms. The molecule has 0 atom stereocenters. The summed E-state index contributed by atoms with van der Waals surface area (Å²) >= 11 is 0. The van der Waals surface area contributed by atoms with Gasteiger partial charge >= 0.3 is 0 Å². The van der Waals surface area contributed by atoms with Crippen molar-refractivity contribution < 1.29 is 9.13 Å². The minimum absolute atomic E-state index is 0.247. The van der Waals surface area contributed by atoms with Crippen LogP contribution in [0, 0.1) is 12.7 Å². The molecule has 0 fully saturated rings. The van der Waals surface area contributed by atoms with E-state index in [1.807, 2.05) is 25.1 Å². The lowest BCUT2D eigenvalue weighted by molar-refractivity contribution is 0.301. The third kappa shape index (κ3) is 3.29. The maximum absolute atomic E-state index is 13.1. The van der Waals surface area contributed by atoms with Gasteiger partial charge in [0.1, 0.15) is 18.2 Å². The van der Waals surface area contributed by atoms with Crippen LogP contribution in [0.1, 0.15) is 36.5 Å². The van der Waals surface area contributed by atoms with Crippen molar-refractivity contribution in [3.8, 4) is 5.75 Å². The summed E-state index contributed by atoms with van der Waals surface area (Å²) in [6.45, 7) is 6.49. The molecule has 0 aliphatic rings. The van der Waals surface area contributed by atoms with Crippen molar-refractivity contribution in [2.24, 2.45) is 0 Å². The first-order valence-corrected chi connectivity index (χ1v) is 6.74. The number of benzene rings is 2. The molecule has 106 valence electrons. The Morgan fingerprint density at radius 2 is 1.95 bits per heavy atom. The molecule has 0 saturated heterocycles. The Morgan fingerprint density at radius 1 is 1.20 bits per heavy atom. The summed E-state index contributed by atoms with van der Waals surface area (Å²) < 4.78 is 19.0. The largest absolute Gasteiger partial charge is 0.489 e. The van der Waals surface area contributed by atoms with Crippen LogP contribution in [0.15, 0.2) is 36.4 Å². The van der Waals surface area contributed by atoms with Gasteiger partial charge in [0.05, 0.1) is 0 Å². The maximum Gasteiger partial charge on any atom is 0.123 e. The Hall–Kier alpha value is -2.03. The topological polar surface area (TPSA) is 35.2 Å². The molecule has 2 nitrogen and oxygen atoms in total. The van der Waals surface area contributed by atoms with Gasteiger partial charge in [-0.05, 0) is 53.8 Å². The second-order valence-corrected chi connectivity index (χ2v) is 5.32. The van der Waals surface area contributed by atoms with Crippen LogP contribution in [0.4, 0.5) is 10.1 Å². The molecular weight excluding hydrogens is 253 g/mol. The number of aryl methyl sites for hydroxylation is 1. The summed E-state index contributed by atoms with van der Waals surface area (Å²) in [5, 5.41) is 0. The molecule has 0 saturated carbocycles. The van der Waals surface area contributed by atoms with E-state index in [4.69, 9.17) is 10.5 Å². The summed E-state index contributed by atoms with van der Waals surface area (Å²) in [6, 6.07) is 10.4. The first kappa shape index (κ1) is 14.4. The molecule has 0 bridgehead atoms. The number of rotatable bonds is 4. The SMILES string of the molecule is Cc1cc(OCc2cccc(F)c2)c(C(C)C)cc1N. The van der Waals surface area contributed by atoms with E-state index in [0.29, 0.717) is 12.5 Å². The predicted molar refractivity (Wildman–Crippen MR) is 80.4 cm³/mol. The number of nitrogen functional groups attached to an aromatic ring is 1. The highest BCUT2D eigenvalue weighted by molar-refractivity contribution is 5.55. The molecule has 0 aromatic heterocycles. The van der Waals surface area contributed by atoms with Gasteiger partial charge in [0.2, 0.25) is 0 Å². The van der Waals surface area contributed by atoms with Crippen LogP contribution in [0.5, 0.6) is 5.75 Å². The third-order valence-electron chi connectivity index (χ3n) is 3.30. The Bertz CT molecular complexity index is 608. The number of ether oxygens (including phenoxy) is 1. The average Bonchev–Trinajstić information content (AvgIpc) is 2.39. The van der Waals surface area contributed by atoms with Gasteiger partial charge in [0.25, 0.3) is 0 Å². The zero-order valence-corrected chi connectivity index (χ0v) is 12.1. The number of hydrogen-bond acceptors (Lipinski definition) is 2. The van der Waals surface area contributed by atoms with Crippen LogP contribution < -0.4 is 10.5 Å². The number of halogens is 1. The quantitative estimate of drug-likeness (QED) is 0.837. The Kier molecular flexibility index (Phi) is 4.28. The van der Waals surface area contributed by atoms with Crippen molar-refractivity contribution >= 4 is 5.69 Å². The minimum Gasteiger partial charge on any atom is -0.489 e. The fourth-order valence-electron chi connectivity index (χ4n) is 2.08. The van der Waals surface area contributed by atoms with Gasteiger partial charge in [0, 0.05) is 5.69 Å². The molecule has 0 heterocycles. The average molecular weight is 273 g/mol. The van der Waals surface area contributed by atoms with Gasteiger partial charge in [-0.15, -0.1) is 0 Å². The second kappa shape index (κ2) is 5.95. The van der Waals surface area contributed by atoms with Crippen molar-refractivity contribution in [1.82, 2.24) is 0 Å². The highest BCUT2D eigenvalue weighted by Crippen LogP contribution is 2.31. The fourth-order valence-corrected chi connectivity index (χ4v) is 2.08. The summed E-state index contributed by atoms with van der Waals surface area (Å²) in [5.41, 5.74) is 9.60. The number of anilines is 1. The molecule has 3 heteroatoms. The first-order chi connectivity index (χ1) is 9.47. The van der Waals surface area contributed by atoms with E-state index in [1.54, 1.807) is 6.07 Å². The van der Waals surface area contributed by atoms with Crippen molar-refractivity contribution in [2.45, 2.75) is 33.3 Å². The fraction of sp³-hybridized carbons (Fsp3) is 0.294. The van der Waals surface area contributed by atoms with Crippen molar-refractivity contribution in [1.29, 1.82) is 0 Å². The standard InChI is InChI=1S/C17H20FNO/c1-11(2)15-9-16(19)12(3)7-17(15)20-10-13-5-4-6-14(18)8-13/h4-9,11H,10,19H2,1-3H3. The van der Waals surface area contributed by atoms with Crippen LogP contribution in [-0.2, 0) is 6.61 Å². The Balaban J connectivity index is 2.22. The van der Waals surface area contributed by atoms with Gasteiger partial charge in [0.15, 0.2) is 0 Å². The number of hydrogen-bond donors (Lipinski definition) is 1. The molecule has 0 unspecified atom stereocenters. The zero-order chi connectivity index (χ0) is 14.7. The normalized spacial score (nSPS) is 10.8. The lowest BCUT2D eigenvalue weighted by Gasteiger charge is -2.16. The van der Waals surface area contributed by atoms with Gasteiger partial charge < -0.3 is 10.5 Å². The highest BCUT2D eigenvalue weighted by atomic mass is 19.1. The van der Waals surface area contributed by atoms with Gasteiger partial charge in [-0.2, -0.15) is 0 Å². The van der Waals surface area contributed by atoms with Crippen molar-refractivity contribution in [3.63, 3.8) is 0 Å². The van der Waals surface area contributed by atoms with E-state index in [2.05, 4.69) is 13.8 Å². The molecule has 0 spiro atoms. The molecule has 2 N–H and O–H groups in total. The van der Waals surface area contributed by atoms with E-state index >= 15 is 0 Å². The zero-order valence-electron chi connectivity index (χ0n) is 12.1. The smallest absolute Gasteiger partial charge is 0.123 e. The van der Waals surface area contributed by atoms with Gasteiger partial charge in [-0.25, -0.2) is 4.39 Å². The minimum atomic E-state index is -0.247. The van der Waals surface area contributed by atoms with Crippen LogP contribution in [0.3, 0.4) is 0 Å². The lowest BCUT2D eigenvalue weighted by atomic mass is 9.99. The van der Waals surface area contributed by atoms with Crippen LogP contribution in [0.25, 0.3) is 0 Å². The van der Waals surface area contributed by atoms with E-state index in [1.165, 1.54) is 12.1 Å². The Morgan fingerprint density at radius 3 is 2.60 bits per heavy atom. The monoisotopic (exact) mass is 273 g/mol. The van der Waals surface area contributed by atoms with E-state index in [9.17, 15) is 4.39 Å². The molecule has 0 aliphatic carbocycles. The first-order valence-electron chi connectivity index (χ1n) is 6.74. The summed E-state index contributed by atoms with van der Waals surface area (Å²) in [5.74, 6) is 0.889. The highest BCUT2D eigenvalue weighted by Gasteiger charge is 2.11. The van der Waals surface area contributed by atoms with Crippen LogP contribution in [-0.4, -0.2) is 0 Å². The molecular formula is C17H20FNO. The summed E-state index contributed by atoms with van der Waals surface area (Å²) in [4.78, 5) is 0. The summed E-state index contributed by atoms with van der Waals surface area (Å²) in [7, 11) is 0. The summed E-state index contributed by atoms with van der Waals surface area (Å²) in [6.07, 6.45) is 0. The van der Waals surface area contributed by atoms with Crippen LogP contribution >= 0.6 is 0 Å². The third-order valence-corrected chi connectivity index (χ3v) is 3.30. The maximum atomic E-state index is 13.1. The molecule has 2 aromatic carbocycles. The molecule has 0 aliphatic heterocycles. The van der Waals surface area contributed by atoms with Gasteiger partial charge in [-0.1, -0.05) is 26.0 Å². The molecule has 0 radical (unpaired) electrons. The number of nitrogens with two attached hydrogens (primary N) is 1. The predicted octanol–water partition coefficient (Wildman–Crippen LogP) is 4.42. The van der Waals surface area contributed by atoms with E-state index in [0.717, 1.165) is 28.1 Å². The van der Waals surface area contributed by atoms with Crippen LogP contribution in [0.2, 0.25) is 0 Å². The van der Waals surface area contributed by atoms with Crippen molar-refractivity contribution in [2.75, 3.05) is 5.73 Å². The van der Waals surface area contributed by atoms with Crippen molar-refractivity contribution in [3.05, 3.63) is 58.9 Å². The van der Waals surface area contributed by atoms with Gasteiger partial charge in [-0.3, -0.25) is 0 Å². The molecule has 2 aromatic rings. The lowest BCUT2D eigenvalue weighted by Crippen LogP contribution is -2.02. The Labute approximate surface area is 119 Å². The molecule has 0 amide bonds. The van der Waals surface area contributed by atoms with E-state index < -0.39 is 0 Å². The molecule has 2 rings (SSSR count).